The average molecular weight is 344 g/mol. The van der Waals surface area contributed by atoms with E-state index in [2.05, 4.69) is 10.6 Å². The molecule has 2 amide bonds. The van der Waals surface area contributed by atoms with Crippen molar-refractivity contribution >= 4 is 35.1 Å². The second-order valence-electron chi connectivity index (χ2n) is 5.04. The van der Waals surface area contributed by atoms with Crippen LogP contribution >= 0.6 is 11.3 Å². The van der Waals surface area contributed by atoms with Crippen LogP contribution in [0.25, 0.3) is 6.08 Å². The first-order valence-electron chi connectivity index (χ1n) is 7.64. The summed E-state index contributed by atoms with van der Waals surface area (Å²) in [6.07, 6.45) is 3.04. The molecule has 126 valence electrons. The molecule has 2 rings (SSSR count). The lowest BCUT2D eigenvalue weighted by atomic mass is 10.2. The highest BCUT2D eigenvalue weighted by atomic mass is 32.1. The molecule has 5 nitrogen and oxygen atoms in total. The molecule has 1 atom stereocenters. The first kappa shape index (κ1) is 17.7. The largest absolute Gasteiger partial charge is 0.463 e. The highest BCUT2D eigenvalue weighted by Gasteiger charge is 2.10. The van der Waals surface area contributed by atoms with Crippen molar-refractivity contribution < 1.29 is 14.3 Å². The Balaban J connectivity index is 1.87. The number of hydrogen-bond donors (Lipinski definition) is 2. The Hall–Kier alpha value is -2.60. The van der Waals surface area contributed by atoms with E-state index < -0.39 is 0 Å². The van der Waals surface area contributed by atoms with E-state index in [-0.39, 0.29) is 18.0 Å². The molecule has 2 N–H and O–H groups in total. The summed E-state index contributed by atoms with van der Waals surface area (Å²) in [6.45, 7) is 4.05. The van der Waals surface area contributed by atoms with Crippen LogP contribution in [0.3, 0.4) is 0 Å². The molecule has 0 bridgehead atoms. The number of ether oxygens (including phenoxy) is 1. The molecule has 0 spiro atoms. The van der Waals surface area contributed by atoms with Crippen molar-refractivity contribution in [1.82, 2.24) is 5.32 Å². The van der Waals surface area contributed by atoms with Crippen LogP contribution < -0.4 is 10.6 Å². The molecule has 0 unspecified atom stereocenters. The van der Waals surface area contributed by atoms with E-state index in [9.17, 15) is 9.59 Å². The maximum atomic E-state index is 12.0. The number of hydrogen-bond acceptors (Lipinski definition) is 4. The lowest BCUT2D eigenvalue weighted by molar-refractivity contribution is -0.137. The predicted molar refractivity (Wildman–Crippen MR) is 97.0 cm³/mol. The fourth-order valence-corrected chi connectivity index (χ4v) is 2.74. The molecule has 0 aliphatic carbocycles. The summed E-state index contributed by atoms with van der Waals surface area (Å²) in [5.41, 5.74) is 1.53. The van der Waals surface area contributed by atoms with Gasteiger partial charge < -0.3 is 15.4 Å². The molecule has 0 aliphatic heterocycles. The highest BCUT2D eigenvalue weighted by molar-refractivity contribution is 7.10. The SMILES string of the molecule is CCOC(=O)/C=C\c1ccc(NC(=O)N[C@H](C)c2cccs2)cc1. The van der Waals surface area contributed by atoms with Gasteiger partial charge >= 0.3 is 12.0 Å². The van der Waals surface area contributed by atoms with Gasteiger partial charge in [-0.25, -0.2) is 9.59 Å². The second kappa shape index (κ2) is 8.88. The minimum Gasteiger partial charge on any atom is -0.463 e. The van der Waals surface area contributed by atoms with Crippen molar-refractivity contribution in [2.75, 3.05) is 11.9 Å². The van der Waals surface area contributed by atoms with Gasteiger partial charge in [-0.15, -0.1) is 11.3 Å². The Kier molecular flexibility index (Phi) is 6.57. The zero-order valence-corrected chi connectivity index (χ0v) is 14.4. The fraction of sp³-hybridized carbons (Fsp3) is 0.222. The molecule has 0 radical (unpaired) electrons. The number of carbonyl (C=O) groups excluding carboxylic acids is 2. The van der Waals surface area contributed by atoms with Crippen LogP contribution in [-0.2, 0) is 9.53 Å². The molecule has 0 saturated carbocycles. The maximum absolute atomic E-state index is 12.0. The van der Waals surface area contributed by atoms with Gasteiger partial charge in [-0.1, -0.05) is 18.2 Å². The van der Waals surface area contributed by atoms with Crippen molar-refractivity contribution in [2.24, 2.45) is 0 Å². The molecule has 0 saturated heterocycles. The second-order valence-corrected chi connectivity index (χ2v) is 6.02. The van der Waals surface area contributed by atoms with Crippen LogP contribution in [0.2, 0.25) is 0 Å². The summed E-state index contributed by atoms with van der Waals surface area (Å²) in [6, 6.07) is 10.8. The number of benzene rings is 1. The number of esters is 1. The van der Waals surface area contributed by atoms with Gasteiger partial charge in [0.15, 0.2) is 0 Å². The molecular formula is C18H20N2O3S. The number of carbonyl (C=O) groups is 2. The Morgan fingerprint density at radius 3 is 2.62 bits per heavy atom. The molecular weight excluding hydrogens is 324 g/mol. The smallest absolute Gasteiger partial charge is 0.330 e. The molecule has 1 aromatic heterocycles. The van der Waals surface area contributed by atoms with Crippen molar-refractivity contribution in [1.29, 1.82) is 0 Å². The van der Waals surface area contributed by atoms with E-state index in [0.717, 1.165) is 10.4 Å². The molecule has 6 heteroatoms. The summed E-state index contributed by atoms with van der Waals surface area (Å²) in [4.78, 5) is 24.4. The summed E-state index contributed by atoms with van der Waals surface area (Å²) in [7, 11) is 0. The van der Waals surface area contributed by atoms with Crippen molar-refractivity contribution in [3.63, 3.8) is 0 Å². The van der Waals surface area contributed by atoms with E-state index in [1.54, 1.807) is 36.5 Å². The van der Waals surface area contributed by atoms with Gasteiger partial charge in [0.1, 0.15) is 0 Å². The third kappa shape index (κ3) is 5.55. The minimum absolute atomic E-state index is 0.0446. The Morgan fingerprint density at radius 1 is 1.25 bits per heavy atom. The Morgan fingerprint density at radius 2 is 2.00 bits per heavy atom. The molecule has 2 aromatic rings. The highest BCUT2D eigenvalue weighted by Crippen LogP contribution is 2.18. The van der Waals surface area contributed by atoms with E-state index in [0.29, 0.717) is 12.3 Å². The van der Waals surface area contributed by atoms with Gasteiger partial charge in [-0.05, 0) is 49.1 Å². The van der Waals surface area contributed by atoms with E-state index in [4.69, 9.17) is 4.74 Å². The van der Waals surface area contributed by atoms with Crippen molar-refractivity contribution in [3.05, 3.63) is 58.3 Å². The Bertz CT molecular complexity index is 694. The predicted octanol–water partition coefficient (Wildman–Crippen LogP) is 4.21. The van der Waals surface area contributed by atoms with Crippen LogP contribution in [0.15, 0.2) is 47.9 Å². The summed E-state index contributed by atoms with van der Waals surface area (Å²) in [5, 5.41) is 7.65. The number of nitrogens with one attached hydrogen (secondary N) is 2. The zero-order valence-electron chi connectivity index (χ0n) is 13.6. The van der Waals surface area contributed by atoms with Gasteiger partial charge in [0.25, 0.3) is 0 Å². The monoisotopic (exact) mass is 344 g/mol. The van der Waals surface area contributed by atoms with Crippen molar-refractivity contribution in [2.45, 2.75) is 19.9 Å². The van der Waals surface area contributed by atoms with E-state index >= 15 is 0 Å². The molecule has 1 heterocycles. The number of thiophene rings is 1. The van der Waals surface area contributed by atoms with Crippen LogP contribution in [-0.4, -0.2) is 18.6 Å². The first-order valence-corrected chi connectivity index (χ1v) is 8.52. The van der Waals surface area contributed by atoms with Crippen LogP contribution in [0.4, 0.5) is 10.5 Å². The normalized spacial score (nSPS) is 11.9. The minimum atomic E-state index is -0.373. The average Bonchev–Trinajstić information content (AvgIpc) is 3.09. The van der Waals surface area contributed by atoms with Crippen LogP contribution in [0.1, 0.15) is 30.3 Å². The quantitative estimate of drug-likeness (QED) is 0.609. The molecule has 0 aliphatic rings. The zero-order chi connectivity index (χ0) is 17.4. The van der Waals surface area contributed by atoms with Gasteiger partial charge in [0.2, 0.25) is 0 Å². The number of urea groups is 1. The third-order valence-corrected chi connectivity index (χ3v) is 4.24. The standard InChI is InChI=1S/C18H20N2O3S/c1-3-23-17(21)11-8-14-6-9-15(10-7-14)20-18(22)19-13(2)16-5-4-12-24-16/h4-13H,3H2,1-2H3,(H2,19,20,22)/b11-8-/t13-/m1/s1. The van der Waals surface area contributed by atoms with Gasteiger partial charge in [-0.2, -0.15) is 0 Å². The van der Waals surface area contributed by atoms with Crippen LogP contribution in [0.5, 0.6) is 0 Å². The Labute approximate surface area is 145 Å². The summed E-state index contributed by atoms with van der Waals surface area (Å²) in [5.74, 6) is -0.373. The van der Waals surface area contributed by atoms with Gasteiger partial charge in [0.05, 0.1) is 12.6 Å². The van der Waals surface area contributed by atoms with Crippen molar-refractivity contribution in [3.8, 4) is 0 Å². The summed E-state index contributed by atoms with van der Waals surface area (Å²) < 4.78 is 4.82. The fourth-order valence-electron chi connectivity index (χ4n) is 2.00. The number of rotatable bonds is 6. The van der Waals surface area contributed by atoms with E-state index in [1.807, 2.05) is 36.6 Å². The summed E-state index contributed by atoms with van der Waals surface area (Å²) >= 11 is 1.60. The lowest BCUT2D eigenvalue weighted by Gasteiger charge is -2.13. The third-order valence-electron chi connectivity index (χ3n) is 3.18. The molecule has 24 heavy (non-hydrogen) atoms. The molecule has 1 aromatic carbocycles. The van der Waals surface area contributed by atoms with E-state index in [1.165, 1.54) is 6.08 Å². The maximum Gasteiger partial charge on any atom is 0.330 e. The topological polar surface area (TPSA) is 67.4 Å². The van der Waals surface area contributed by atoms with Crippen LogP contribution in [0, 0.1) is 0 Å². The van der Waals surface area contributed by atoms with Gasteiger partial charge in [0, 0.05) is 16.6 Å². The first-order chi connectivity index (χ1) is 11.6. The molecule has 0 fully saturated rings. The number of anilines is 1. The van der Waals surface area contributed by atoms with Gasteiger partial charge in [-0.3, -0.25) is 0 Å². The lowest BCUT2D eigenvalue weighted by Crippen LogP contribution is -2.30. The number of amides is 2.